The van der Waals surface area contributed by atoms with E-state index in [0.717, 1.165) is 42.7 Å². The van der Waals surface area contributed by atoms with Crippen LogP contribution in [0.5, 0.6) is 0 Å². The largest absolute Gasteiger partial charge is 0.332 e. The van der Waals surface area contributed by atoms with Crippen LogP contribution in [0.25, 0.3) is 0 Å². The summed E-state index contributed by atoms with van der Waals surface area (Å²) in [4.78, 5) is 26.0. The lowest BCUT2D eigenvalue weighted by Crippen LogP contribution is -2.60. The lowest BCUT2D eigenvalue weighted by molar-refractivity contribution is -0.0127. The first-order valence-corrected chi connectivity index (χ1v) is 11.3. The van der Waals surface area contributed by atoms with E-state index in [2.05, 4.69) is 26.1 Å². The van der Waals surface area contributed by atoms with Gasteiger partial charge < -0.3 is 16.0 Å². The number of hydrogen-bond donors (Lipinski definition) is 3. The van der Waals surface area contributed by atoms with E-state index in [9.17, 15) is 9.59 Å². The summed E-state index contributed by atoms with van der Waals surface area (Å²) in [5, 5.41) is 17.6. The fourth-order valence-electron chi connectivity index (χ4n) is 6.42. The Bertz CT molecular complexity index is 986. The number of rotatable bonds is 5. The Hall–Kier alpha value is -2.84. The number of anilines is 2. The van der Waals surface area contributed by atoms with Gasteiger partial charge in [0.25, 0.3) is 5.91 Å². The van der Waals surface area contributed by atoms with Crippen molar-refractivity contribution in [3.8, 4) is 0 Å². The number of nitrogens with one attached hydrogen (secondary N) is 3. The molecule has 3 amide bonds. The van der Waals surface area contributed by atoms with E-state index in [1.165, 1.54) is 19.3 Å². The highest BCUT2D eigenvalue weighted by Gasteiger charge is 2.51. The molecule has 2 heterocycles. The van der Waals surface area contributed by atoms with Crippen molar-refractivity contribution in [1.82, 2.24) is 24.9 Å². The first-order chi connectivity index (χ1) is 14.9. The molecule has 0 atom stereocenters. The lowest BCUT2D eigenvalue weighted by atomic mass is 9.53. The first-order valence-electron chi connectivity index (χ1n) is 11.3. The van der Waals surface area contributed by atoms with Gasteiger partial charge in [-0.05, 0) is 70.1 Å². The number of nitrogens with zero attached hydrogens (tertiary/aromatic N) is 4. The minimum Gasteiger partial charge on any atom is -0.332 e. The third kappa shape index (κ3) is 3.59. The van der Waals surface area contributed by atoms with Gasteiger partial charge >= 0.3 is 6.03 Å². The van der Waals surface area contributed by atoms with Crippen molar-refractivity contribution in [2.24, 2.45) is 24.8 Å². The minimum absolute atomic E-state index is 0.0885. The molecule has 6 rings (SSSR count). The highest BCUT2D eigenvalue weighted by molar-refractivity contribution is 6.09. The van der Waals surface area contributed by atoms with Gasteiger partial charge in [-0.25, -0.2) is 4.79 Å². The van der Waals surface area contributed by atoms with Gasteiger partial charge in [0.05, 0.1) is 29.5 Å². The molecule has 4 aliphatic carbocycles. The van der Waals surface area contributed by atoms with Gasteiger partial charge in [0.15, 0.2) is 0 Å². The van der Waals surface area contributed by atoms with Crippen LogP contribution in [-0.2, 0) is 13.6 Å². The molecule has 4 saturated carbocycles. The zero-order valence-electron chi connectivity index (χ0n) is 18.4. The maximum Gasteiger partial charge on any atom is 0.319 e. The van der Waals surface area contributed by atoms with Crippen LogP contribution in [0, 0.1) is 24.7 Å². The number of carbonyl (C=O) groups excluding carboxylic acids is 2. The lowest BCUT2D eigenvalue weighted by Gasteiger charge is -2.56. The molecule has 4 bridgehead atoms. The van der Waals surface area contributed by atoms with E-state index >= 15 is 0 Å². The van der Waals surface area contributed by atoms with Crippen LogP contribution in [0.15, 0.2) is 12.4 Å². The Labute approximate surface area is 181 Å². The number of hydrogen-bond acceptors (Lipinski definition) is 4. The summed E-state index contributed by atoms with van der Waals surface area (Å²) in [6.45, 7) is 4.32. The maximum absolute atomic E-state index is 13.0. The predicted octanol–water partition coefficient (Wildman–Crippen LogP) is 3.29. The summed E-state index contributed by atoms with van der Waals surface area (Å²) in [7, 11) is 1.82. The molecule has 0 radical (unpaired) electrons. The Balaban J connectivity index is 1.32. The summed E-state index contributed by atoms with van der Waals surface area (Å²) < 4.78 is 3.30. The number of aromatic nitrogens is 4. The van der Waals surface area contributed by atoms with E-state index < -0.39 is 0 Å². The van der Waals surface area contributed by atoms with Crippen molar-refractivity contribution in [3.05, 3.63) is 23.8 Å². The van der Waals surface area contributed by atoms with Gasteiger partial charge in [-0.3, -0.25) is 14.2 Å². The van der Waals surface area contributed by atoms with E-state index in [1.54, 1.807) is 21.8 Å². The van der Waals surface area contributed by atoms with E-state index in [0.29, 0.717) is 23.6 Å². The van der Waals surface area contributed by atoms with Gasteiger partial charge in [-0.15, -0.1) is 0 Å². The highest BCUT2D eigenvalue weighted by Crippen LogP contribution is 2.55. The van der Waals surface area contributed by atoms with Crippen molar-refractivity contribution < 1.29 is 9.59 Å². The molecule has 9 nitrogen and oxygen atoms in total. The second-order valence-corrected chi connectivity index (χ2v) is 9.72. The third-order valence-corrected chi connectivity index (χ3v) is 7.50. The van der Waals surface area contributed by atoms with Crippen LogP contribution in [0.4, 0.5) is 16.2 Å². The van der Waals surface area contributed by atoms with Gasteiger partial charge in [-0.1, -0.05) is 0 Å². The van der Waals surface area contributed by atoms with E-state index in [4.69, 9.17) is 0 Å². The van der Waals surface area contributed by atoms with Gasteiger partial charge in [0, 0.05) is 19.1 Å². The molecule has 4 aliphatic rings. The van der Waals surface area contributed by atoms with E-state index in [-0.39, 0.29) is 17.5 Å². The van der Waals surface area contributed by atoms with Crippen LogP contribution in [-0.4, -0.2) is 37.0 Å². The molecule has 0 aromatic carbocycles. The molecule has 0 unspecified atom stereocenters. The molecule has 2 aromatic rings. The summed E-state index contributed by atoms with van der Waals surface area (Å²) in [5.41, 5.74) is 2.16. The fraction of sp³-hybridized carbons (Fsp3) is 0.636. The summed E-state index contributed by atoms with van der Waals surface area (Å²) in [5.74, 6) is 1.93. The van der Waals surface area contributed by atoms with Gasteiger partial charge in [0.2, 0.25) is 0 Å². The Morgan fingerprint density at radius 2 is 1.65 bits per heavy atom. The van der Waals surface area contributed by atoms with Crippen molar-refractivity contribution in [3.63, 3.8) is 0 Å². The standard InChI is InChI=1S/C22H31N7O2/c1-4-29-19(20(30)25-17-11-23-28(3)13(17)2)18(12-24-29)26-21(31)27-22-8-14-5-15(9-22)7-16(6-14)10-22/h11-12,14-16H,4-10H2,1-3H3,(H,25,30)(H2,26,27,31). The second-order valence-electron chi connectivity index (χ2n) is 9.72. The van der Waals surface area contributed by atoms with Crippen molar-refractivity contribution >= 4 is 23.3 Å². The summed E-state index contributed by atoms with van der Waals surface area (Å²) >= 11 is 0. The topological polar surface area (TPSA) is 106 Å². The Morgan fingerprint density at radius 3 is 2.19 bits per heavy atom. The van der Waals surface area contributed by atoms with Crippen molar-refractivity contribution in [2.45, 2.75) is 64.5 Å². The molecule has 4 fully saturated rings. The van der Waals surface area contributed by atoms with E-state index in [1.807, 2.05) is 20.9 Å². The van der Waals surface area contributed by atoms with Crippen LogP contribution in [0.2, 0.25) is 0 Å². The molecule has 0 aliphatic heterocycles. The first kappa shape index (κ1) is 20.1. The monoisotopic (exact) mass is 425 g/mol. The second kappa shape index (κ2) is 7.39. The van der Waals surface area contributed by atoms with Gasteiger partial charge in [0.1, 0.15) is 5.69 Å². The fourth-order valence-corrected chi connectivity index (χ4v) is 6.42. The average molecular weight is 426 g/mol. The minimum atomic E-state index is -0.319. The molecular weight excluding hydrogens is 394 g/mol. The molecule has 166 valence electrons. The Kier molecular flexibility index (Phi) is 4.79. The molecular formula is C22H31N7O2. The number of carbonyl (C=O) groups is 2. The zero-order valence-corrected chi connectivity index (χ0v) is 18.4. The summed E-state index contributed by atoms with van der Waals surface area (Å²) in [6.07, 6.45) is 10.4. The van der Waals surface area contributed by atoms with Crippen LogP contribution < -0.4 is 16.0 Å². The maximum atomic E-state index is 13.0. The summed E-state index contributed by atoms with van der Waals surface area (Å²) in [6, 6.07) is -0.246. The molecule has 2 aromatic heterocycles. The normalized spacial score (nSPS) is 28.5. The molecule has 0 spiro atoms. The highest BCUT2D eigenvalue weighted by atomic mass is 16.2. The number of urea groups is 1. The SMILES string of the molecule is CCn1ncc(NC(=O)NC23CC4CC(CC(C4)C2)C3)c1C(=O)Nc1cnn(C)c1C. The molecule has 9 heteroatoms. The van der Waals surface area contributed by atoms with Crippen LogP contribution in [0.3, 0.4) is 0 Å². The zero-order chi connectivity index (χ0) is 21.8. The molecule has 0 saturated heterocycles. The molecule has 31 heavy (non-hydrogen) atoms. The van der Waals surface area contributed by atoms with Crippen LogP contribution in [0.1, 0.15) is 61.6 Å². The average Bonchev–Trinajstić information content (AvgIpc) is 3.24. The van der Waals surface area contributed by atoms with Crippen molar-refractivity contribution in [2.75, 3.05) is 10.6 Å². The number of aryl methyl sites for hydroxylation is 2. The van der Waals surface area contributed by atoms with Gasteiger partial charge in [-0.2, -0.15) is 10.2 Å². The third-order valence-electron chi connectivity index (χ3n) is 7.50. The van der Waals surface area contributed by atoms with Crippen LogP contribution >= 0.6 is 0 Å². The Morgan fingerprint density at radius 1 is 1.03 bits per heavy atom. The quantitative estimate of drug-likeness (QED) is 0.683. The molecule has 3 N–H and O–H groups in total. The van der Waals surface area contributed by atoms with Crippen molar-refractivity contribution in [1.29, 1.82) is 0 Å². The number of amides is 3. The predicted molar refractivity (Wildman–Crippen MR) is 117 cm³/mol. The smallest absolute Gasteiger partial charge is 0.319 e.